The lowest BCUT2D eigenvalue weighted by atomic mass is 9.90. The number of hydrogen-bond acceptors (Lipinski definition) is 5. The van der Waals surface area contributed by atoms with Crippen LogP contribution in [0.3, 0.4) is 0 Å². The molecule has 0 unspecified atom stereocenters. The monoisotopic (exact) mass is 444 g/mol. The van der Waals surface area contributed by atoms with Crippen LogP contribution in [-0.2, 0) is 16.0 Å². The molecule has 0 bridgehead atoms. The van der Waals surface area contributed by atoms with Crippen LogP contribution in [0, 0.1) is 11.8 Å². The number of ketones is 1. The molecule has 1 aliphatic rings. The van der Waals surface area contributed by atoms with Gasteiger partial charge in [0.05, 0.1) is 18.6 Å². The molecule has 5 nitrogen and oxygen atoms in total. The topological polar surface area (TPSA) is 83.8 Å². The third-order valence-corrected chi connectivity index (χ3v) is 6.20. The minimum atomic E-state index is -0.867. The maximum absolute atomic E-state index is 12.6. The Hall–Kier alpha value is -3.28. The molecule has 0 amide bonds. The molecule has 170 valence electrons. The number of aliphatic hydroxyl groups excluding tert-OH is 2. The van der Waals surface area contributed by atoms with Crippen LogP contribution >= 0.6 is 0 Å². The number of hydrogen-bond donors (Lipinski definition) is 2. The van der Waals surface area contributed by atoms with Crippen molar-refractivity contribution in [2.45, 2.75) is 37.9 Å². The number of Topliss-reactive ketones (excluding diaryl/α,β-unsaturated/α-hetero) is 1. The van der Waals surface area contributed by atoms with E-state index >= 15 is 0 Å². The van der Waals surface area contributed by atoms with Crippen LogP contribution in [0.5, 0.6) is 5.75 Å². The molecule has 3 aromatic rings. The minimum Gasteiger partial charge on any atom is -0.426 e. The van der Waals surface area contributed by atoms with Crippen LogP contribution in [0.4, 0.5) is 0 Å². The molecule has 1 fully saturated rings. The van der Waals surface area contributed by atoms with Gasteiger partial charge in [0.1, 0.15) is 11.5 Å². The van der Waals surface area contributed by atoms with Gasteiger partial charge < -0.3 is 14.9 Å². The summed E-state index contributed by atoms with van der Waals surface area (Å²) in [6, 6.07) is 23.0. The standard InChI is InChI=1S/C28H28O5/c29-22(12-10-19-6-2-1-3-7-19)13-15-24-25(27(31)18-26(24)30)17-28(32)33-23-14-11-20-8-4-5-9-21(20)16-23/h1-9,11,13-16,22,24-26,29-30H,10,12,17-18H2/t22-,24+,25+,26+/m0/s1. The van der Waals surface area contributed by atoms with Crippen molar-refractivity contribution in [1.82, 2.24) is 0 Å². The Kier molecular flexibility index (Phi) is 7.33. The Bertz CT molecular complexity index is 1140. The maximum atomic E-state index is 12.6. The summed E-state index contributed by atoms with van der Waals surface area (Å²) in [4.78, 5) is 25.0. The normalized spacial score (nSPS) is 21.5. The molecule has 2 N–H and O–H groups in total. The third kappa shape index (κ3) is 5.95. The van der Waals surface area contributed by atoms with Crippen molar-refractivity contribution in [3.63, 3.8) is 0 Å². The van der Waals surface area contributed by atoms with E-state index in [-0.39, 0.29) is 18.6 Å². The average molecular weight is 445 g/mol. The largest absolute Gasteiger partial charge is 0.426 e. The van der Waals surface area contributed by atoms with E-state index in [9.17, 15) is 19.8 Å². The number of esters is 1. The number of carbonyl (C=O) groups is 2. The lowest BCUT2D eigenvalue weighted by molar-refractivity contribution is -0.138. The smallest absolute Gasteiger partial charge is 0.311 e. The maximum Gasteiger partial charge on any atom is 0.311 e. The molecule has 4 atom stereocenters. The molecule has 0 spiro atoms. The van der Waals surface area contributed by atoms with Gasteiger partial charge in [0.15, 0.2) is 0 Å². The Morgan fingerprint density at radius 1 is 1.03 bits per heavy atom. The van der Waals surface area contributed by atoms with E-state index in [0.717, 1.165) is 22.8 Å². The van der Waals surface area contributed by atoms with Crippen molar-refractivity contribution in [3.8, 4) is 5.75 Å². The molecular weight excluding hydrogens is 416 g/mol. The average Bonchev–Trinajstić information content (AvgIpc) is 3.08. The zero-order chi connectivity index (χ0) is 23.2. The molecule has 0 saturated heterocycles. The lowest BCUT2D eigenvalue weighted by Crippen LogP contribution is -2.24. The number of aryl methyl sites for hydroxylation is 1. The number of aliphatic hydroxyl groups is 2. The van der Waals surface area contributed by atoms with Gasteiger partial charge in [-0.3, -0.25) is 9.59 Å². The van der Waals surface area contributed by atoms with Gasteiger partial charge in [-0.25, -0.2) is 0 Å². The van der Waals surface area contributed by atoms with Gasteiger partial charge in [-0.2, -0.15) is 0 Å². The lowest BCUT2D eigenvalue weighted by Gasteiger charge is -2.17. The summed E-state index contributed by atoms with van der Waals surface area (Å²) in [5.74, 6) is -1.43. The number of ether oxygens (including phenoxy) is 1. The van der Waals surface area contributed by atoms with Crippen molar-refractivity contribution >= 4 is 22.5 Å². The molecule has 5 heteroatoms. The Morgan fingerprint density at radius 2 is 1.76 bits per heavy atom. The molecule has 4 rings (SSSR count). The van der Waals surface area contributed by atoms with E-state index in [4.69, 9.17) is 4.74 Å². The van der Waals surface area contributed by atoms with Crippen molar-refractivity contribution in [2.24, 2.45) is 11.8 Å². The Labute approximate surface area is 193 Å². The fraction of sp³-hybridized carbons (Fsp3) is 0.286. The summed E-state index contributed by atoms with van der Waals surface area (Å²) < 4.78 is 5.48. The number of fused-ring (bicyclic) bond motifs is 1. The molecule has 1 saturated carbocycles. The van der Waals surface area contributed by atoms with Gasteiger partial charge in [0, 0.05) is 18.3 Å². The van der Waals surface area contributed by atoms with Crippen molar-refractivity contribution in [3.05, 3.63) is 90.5 Å². The fourth-order valence-electron chi connectivity index (χ4n) is 4.38. The highest BCUT2D eigenvalue weighted by Gasteiger charge is 2.41. The van der Waals surface area contributed by atoms with Crippen LogP contribution in [0.1, 0.15) is 24.8 Å². The zero-order valence-electron chi connectivity index (χ0n) is 18.3. The van der Waals surface area contributed by atoms with E-state index in [1.54, 1.807) is 24.3 Å². The molecule has 0 aromatic heterocycles. The molecule has 0 aliphatic heterocycles. The van der Waals surface area contributed by atoms with Gasteiger partial charge in [0.25, 0.3) is 0 Å². The quantitative estimate of drug-likeness (QED) is 0.308. The van der Waals surface area contributed by atoms with Gasteiger partial charge >= 0.3 is 5.97 Å². The molecule has 3 aromatic carbocycles. The summed E-state index contributed by atoms with van der Waals surface area (Å²) in [6.07, 6.45) is 2.88. The highest BCUT2D eigenvalue weighted by molar-refractivity contribution is 5.89. The number of rotatable bonds is 8. The minimum absolute atomic E-state index is 0.00301. The van der Waals surface area contributed by atoms with E-state index in [1.165, 1.54) is 0 Å². The first-order valence-corrected chi connectivity index (χ1v) is 11.3. The highest BCUT2D eigenvalue weighted by atomic mass is 16.5. The number of carbonyl (C=O) groups excluding carboxylic acids is 2. The van der Waals surface area contributed by atoms with Crippen molar-refractivity contribution in [2.75, 3.05) is 0 Å². The van der Waals surface area contributed by atoms with E-state index < -0.39 is 30.0 Å². The second-order valence-corrected chi connectivity index (χ2v) is 8.59. The summed E-state index contributed by atoms with van der Waals surface area (Å²) in [5, 5.41) is 22.7. The summed E-state index contributed by atoms with van der Waals surface area (Å²) >= 11 is 0. The van der Waals surface area contributed by atoms with Gasteiger partial charge in [-0.1, -0.05) is 72.8 Å². The Morgan fingerprint density at radius 3 is 2.55 bits per heavy atom. The predicted molar refractivity (Wildman–Crippen MR) is 127 cm³/mol. The molecular formula is C28H28O5. The Balaban J connectivity index is 1.36. The second-order valence-electron chi connectivity index (χ2n) is 8.59. The molecule has 0 radical (unpaired) electrons. The van der Waals surface area contributed by atoms with Crippen LogP contribution < -0.4 is 4.74 Å². The number of benzene rings is 3. The van der Waals surface area contributed by atoms with Gasteiger partial charge in [-0.05, 0) is 41.3 Å². The second kappa shape index (κ2) is 10.6. The third-order valence-electron chi connectivity index (χ3n) is 6.20. The van der Waals surface area contributed by atoms with E-state index in [0.29, 0.717) is 12.2 Å². The van der Waals surface area contributed by atoms with Gasteiger partial charge in [-0.15, -0.1) is 0 Å². The fourth-order valence-corrected chi connectivity index (χ4v) is 4.38. The first-order valence-electron chi connectivity index (χ1n) is 11.3. The predicted octanol–water partition coefficient (Wildman–Crippen LogP) is 4.25. The summed E-state index contributed by atoms with van der Waals surface area (Å²) in [5.41, 5.74) is 1.13. The van der Waals surface area contributed by atoms with Crippen molar-refractivity contribution < 1.29 is 24.5 Å². The van der Waals surface area contributed by atoms with Gasteiger partial charge in [0.2, 0.25) is 0 Å². The van der Waals surface area contributed by atoms with Crippen LogP contribution in [-0.4, -0.2) is 34.2 Å². The first-order chi connectivity index (χ1) is 16.0. The molecule has 0 heterocycles. The van der Waals surface area contributed by atoms with Crippen LogP contribution in [0.2, 0.25) is 0 Å². The zero-order valence-corrected chi connectivity index (χ0v) is 18.3. The first kappa shape index (κ1) is 22.9. The van der Waals surface area contributed by atoms with E-state index in [2.05, 4.69) is 0 Å². The highest BCUT2D eigenvalue weighted by Crippen LogP contribution is 2.33. The molecule has 33 heavy (non-hydrogen) atoms. The summed E-state index contributed by atoms with van der Waals surface area (Å²) in [6.45, 7) is 0. The SMILES string of the molecule is O=C(C[C@H]1C(=O)C[C@@H](O)[C@@H]1C=C[C@@H](O)CCc1ccccc1)Oc1ccc2ccccc2c1. The van der Waals surface area contributed by atoms with E-state index in [1.807, 2.05) is 60.7 Å². The summed E-state index contributed by atoms with van der Waals surface area (Å²) in [7, 11) is 0. The van der Waals surface area contributed by atoms with Crippen LogP contribution in [0.25, 0.3) is 10.8 Å². The van der Waals surface area contributed by atoms with Crippen molar-refractivity contribution in [1.29, 1.82) is 0 Å². The molecule has 1 aliphatic carbocycles. The van der Waals surface area contributed by atoms with Crippen LogP contribution in [0.15, 0.2) is 84.9 Å².